The fraction of sp³-hybridized carbons (Fsp3) is 0.700. The Hall–Kier alpha value is -0.830. The summed E-state index contributed by atoms with van der Waals surface area (Å²) >= 11 is 0. The lowest BCUT2D eigenvalue weighted by molar-refractivity contribution is 0.601. The summed E-state index contributed by atoms with van der Waals surface area (Å²) in [5.74, 6) is 0. The van der Waals surface area contributed by atoms with Crippen LogP contribution in [0.3, 0.4) is 0 Å². The van der Waals surface area contributed by atoms with Crippen LogP contribution >= 0.6 is 0 Å². The fourth-order valence-corrected chi connectivity index (χ4v) is 2.05. The Labute approximate surface area is 79.1 Å². The standard InChI is InChI=1S/C10H17N3/c1-8-9(7-13(2)12-8)6-10-4-3-5-11-10/h7,10-11H,3-6H2,1-2H3/t10-/m1/s1. The van der Waals surface area contributed by atoms with E-state index >= 15 is 0 Å². The van der Waals surface area contributed by atoms with Gasteiger partial charge in [0.15, 0.2) is 0 Å². The molecular formula is C10H17N3. The molecule has 1 aliphatic rings. The minimum atomic E-state index is 0.683. The SMILES string of the molecule is Cc1nn(C)cc1C[C@H]1CCCN1. The topological polar surface area (TPSA) is 29.9 Å². The molecule has 1 fully saturated rings. The first-order valence-corrected chi connectivity index (χ1v) is 4.98. The molecule has 2 rings (SSSR count). The number of nitrogens with zero attached hydrogens (tertiary/aromatic N) is 2. The second-order valence-electron chi connectivity index (χ2n) is 3.91. The molecule has 0 amide bonds. The van der Waals surface area contributed by atoms with Crippen molar-refractivity contribution < 1.29 is 0 Å². The zero-order valence-electron chi connectivity index (χ0n) is 8.38. The number of rotatable bonds is 2. The lowest BCUT2D eigenvalue weighted by Crippen LogP contribution is -2.23. The van der Waals surface area contributed by atoms with E-state index in [1.54, 1.807) is 0 Å². The van der Waals surface area contributed by atoms with Crippen molar-refractivity contribution in [2.75, 3.05) is 6.54 Å². The molecule has 0 aliphatic carbocycles. The van der Waals surface area contributed by atoms with Gasteiger partial charge in [0, 0.05) is 19.3 Å². The van der Waals surface area contributed by atoms with Crippen LogP contribution in [0, 0.1) is 6.92 Å². The van der Waals surface area contributed by atoms with E-state index in [4.69, 9.17) is 0 Å². The monoisotopic (exact) mass is 179 g/mol. The maximum absolute atomic E-state index is 4.34. The molecular weight excluding hydrogens is 162 g/mol. The number of nitrogens with one attached hydrogen (secondary N) is 1. The molecule has 1 N–H and O–H groups in total. The third kappa shape index (κ3) is 1.91. The molecule has 0 radical (unpaired) electrons. The molecule has 0 spiro atoms. The van der Waals surface area contributed by atoms with Gasteiger partial charge in [-0.15, -0.1) is 0 Å². The van der Waals surface area contributed by atoms with Crippen LogP contribution in [0.5, 0.6) is 0 Å². The zero-order valence-corrected chi connectivity index (χ0v) is 8.38. The van der Waals surface area contributed by atoms with Gasteiger partial charge in [-0.2, -0.15) is 5.10 Å². The Bertz CT molecular complexity index is 284. The minimum Gasteiger partial charge on any atom is -0.314 e. The smallest absolute Gasteiger partial charge is 0.0626 e. The maximum Gasteiger partial charge on any atom is 0.0626 e. The first-order chi connectivity index (χ1) is 6.25. The van der Waals surface area contributed by atoms with E-state index in [0.717, 1.165) is 6.42 Å². The Morgan fingerprint density at radius 2 is 2.54 bits per heavy atom. The second kappa shape index (κ2) is 3.50. The third-order valence-corrected chi connectivity index (χ3v) is 2.74. The number of aromatic nitrogens is 2. The number of hydrogen-bond acceptors (Lipinski definition) is 2. The van der Waals surface area contributed by atoms with E-state index in [1.165, 1.54) is 30.6 Å². The van der Waals surface area contributed by atoms with E-state index in [1.807, 2.05) is 11.7 Å². The summed E-state index contributed by atoms with van der Waals surface area (Å²) in [6, 6.07) is 0.683. The molecule has 0 aromatic carbocycles. The molecule has 3 nitrogen and oxygen atoms in total. The fourth-order valence-electron chi connectivity index (χ4n) is 2.05. The molecule has 3 heteroatoms. The van der Waals surface area contributed by atoms with Crippen molar-refractivity contribution in [1.82, 2.24) is 15.1 Å². The van der Waals surface area contributed by atoms with Crippen molar-refractivity contribution in [3.8, 4) is 0 Å². The van der Waals surface area contributed by atoms with Gasteiger partial charge in [0.25, 0.3) is 0 Å². The average molecular weight is 179 g/mol. The van der Waals surface area contributed by atoms with Gasteiger partial charge in [-0.05, 0) is 38.3 Å². The van der Waals surface area contributed by atoms with Crippen LogP contribution in [0.25, 0.3) is 0 Å². The summed E-state index contributed by atoms with van der Waals surface area (Å²) in [4.78, 5) is 0. The van der Waals surface area contributed by atoms with Crippen molar-refractivity contribution in [1.29, 1.82) is 0 Å². The van der Waals surface area contributed by atoms with Crippen LogP contribution in [0.2, 0.25) is 0 Å². The predicted molar refractivity (Wildman–Crippen MR) is 52.7 cm³/mol. The molecule has 1 atom stereocenters. The van der Waals surface area contributed by atoms with Crippen LogP contribution in [0.15, 0.2) is 6.20 Å². The maximum atomic E-state index is 4.34. The summed E-state index contributed by atoms with van der Waals surface area (Å²) < 4.78 is 1.90. The highest BCUT2D eigenvalue weighted by molar-refractivity contribution is 5.16. The van der Waals surface area contributed by atoms with Crippen molar-refractivity contribution >= 4 is 0 Å². The van der Waals surface area contributed by atoms with Gasteiger partial charge in [-0.3, -0.25) is 4.68 Å². The molecule has 0 bridgehead atoms. The zero-order chi connectivity index (χ0) is 9.26. The third-order valence-electron chi connectivity index (χ3n) is 2.74. The van der Waals surface area contributed by atoms with Gasteiger partial charge in [0.1, 0.15) is 0 Å². The first-order valence-electron chi connectivity index (χ1n) is 4.98. The van der Waals surface area contributed by atoms with Gasteiger partial charge in [-0.25, -0.2) is 0 Å². The lowest BCUT2D eigenvalue weighted by atomic mass is 10.1. The Morgan fingerprint density at radius 1 is 1.69 bits per heavy atom. The molecule has 72 valence electrons. The average Bonchev–Trinajstić information content (AvgIpc) is 2.63. The van der Waals surface area contributed by atoms with Crippen LogP contribution in [-0.4, -0.2) is 22.4 Å². The van der Waals surface area contributed by atoms with Crippen molar-refractivity contribution in [3.05, 3.63) is 17.5 Å². The Kier molecular flexibility index (Phi) is 2.36. The molecule has 0 saturated carbocycles. The van der Waals surface area contributed by atoms with Crippen LogP contribution in [0.4, 0.5) is 0 Å². The van der Waals surface area contributed by atoms with Gasteiger partial charge in [-0.1, -0.05) is 0 Å². The van der Waals surface area contributed by atoms with Crippen LogP contribution in [0.1, 0.15) is 24.1 Å². The molecule has 1 aliphatic heterocycles. The van der Waals surface area contributed by atoms with Crippen molar-refractivity contribution in [3.63, 3.8) is 0 Å². The predicted octanol–water partition coefficient (Wildman–Crippen LogP) is 1.02. The van der Waals surface area contributed by atoms with Crippen LogP contribution in [-0.2, 0) is 13.5 Å². The van der Waals surface area contributed by atoms with Crippen molar-refractivity contribution in [2.24, 2.45) is 7.05 Å². The molecule has 1 aromatic heterocycles. The summed E-state index contributed by atoms with van der Waals surface area (Å²) in [5.41, 5.74) is 2.57. The normalized spacial score (nSPS) is 22.5. The minimum absolute atomic E-state index is 0.683. The highest BCUT2D eigenvalue weighted by atomic mass is 15.2. The number of aryl methyl sites for hydroxylation is 2. The van der Waals surface area contributed by atoms with Gasteiger partial charge in [0.2, 0.25) is 0 Å². The largest absolute Gasteiger partial charge is 0.314 e. The van der Waals surface area contributed by atoms with E-state index < -0.39 is 0 Å². The molecule has 2 heterocycles. The Morgan fingerprint density at radius 3 is 3.08 bits per heavy atom. The number of hydrogen-bond donors (Lipinski definition) is 1. The molecule has 13 heavy (non-hydrogen) atoms. The summed E-state index contributed by atoms with van der Waals surface area (Å²) in [5, 5.41) is 7.85. The van der Waals surface area contributed by atoms with E-state index in [2.05, 4.69) is 23.5 Å². The van der Waals surface area contributed by atoms with Gasteiger partial charge >= 0.3 is 0 Å². The van der Waals surface area contributed by atoms with E-state index in [-0.39, 0.29) is 0 Å². The molecule has 1 saturated heterocycles. The summed E-state index contributed by atoms with van der Waals surface area (Å²) in [6.07, 6.45) is 5.91. The highest BCUT2D eigenvalue weighted by Gasteiger charge is 2.16. The van der Waals surface area contributed by atoms with E-state index in [9.17, 15) is 0 Å². The summed E-state index contributed by atoms with van der Waals surface area (Å²) in [7, 11) is 1.98. The summed E-state index contributed by atoms with van der Waals surface area (Å²) in [6.45, 7) is 3.27. The molecule has 1 aromatic rings. The quantitative estimate of drug-likeness (QED) is 0.734. The first kappa shape index (κ1) is 8.75. The van der Waals surface area contributed by atoms with E-state index in [0.29, 0.717) is 6.04 Å². The molecule has 0 unspecified atom stereocenters. The van der Waals surface area contributed by atoms with Gasteiger partial charge < -0.3 is 5.32 Å². The van der Waals surface area contributed by atoms with Crippen LogP contribution < -0.4 is 5.32 Å². The van der Waals surface area contributed by atoms with Gasteiger partial charge in [0.05, 0.1) is 5.69 Å². The lowest BCUT2D eigenvalue weighted by Gasteiger charge is -2.07. The Balaban J connectivity index is 2.03. The highest BCUT2D eigenvalue weighted by Crippen LogP contribution is 2.13. The second-order valence-corrected chi connectivity index (χ2v) is 3.91. The van der Waals surface area contributed by atoms with Crippen molar-refractivity contribution in [2.45, 2.75) is 32.2 Å².